The summed E-state index contributed by atoms with van der Waals surface area (Å²) < 4.78 is 0. The zero-order chi connectivity index (χ0) is 19.5. The van der Waals surface area contributed by atoms with Crippen LogP contribution in [-0.4, -0.2) is 0 Å². The smallest absolute Gasteiger partial charge is 0.144 e. The average molecular weight is 335 g/mol. The van der Waals surface area contributed by atoms with Gasteiger partial charge in [-0.25, -0.2) is 0 Å². The Morgan fingerprint density at radius 1 is 0.640 bits per heavy atom. The highest BCUT2D eigenvalue weighted by molar-refractivity contribution is 5.61. The molecule has 0 unspecified atom stereocenters. The van der Waals surface area contributed by atoms with Crippen molar-refractivity contribution in [3.8, 4) is 18.2 Å². The third-order valence-electron chi connectivity index (χ3n) is 4.83. The normalized spacial score (nSPS) is 15.2. The van der Waals surface area contributed by atoms with E-state index in [0.717, 1.165) is 0 Å². The Labute approximate surface area is 153 Å². The lowest BCUT2D eigenvalue weighted by molar-refractivity contribution is 0.606. The highest BCUT2D eigenvalue weighted by Gasteiger charge is 2.40. The van der Waals surface area contributed by atoms with Crippen molar-refractivity contribution in [2.45, 2.75) is 55.4 Å². The molecule has 25 heavy (non-hydrogen) atoms. The minimum absolute atomic E-state index is 0.0584. The van der Waals surface area contributed by atoms with E-state index in [1.54, 1.807) is 0 Å². The largest absolute Gasteiger partial charge is 0.193 e. The summed E-state index contributed by atoms with van der Waals surface area (Å²) in [6, 6.07) is 6.08. The van der Waals surface area contributed by atoms with Gasteiger partial charge in [-0.1, -0.05) is 66.5 Å². The Balaban J connectivity index is 4.03. The van der Waals surface area contributed by atoms with E-state index < -0.39 is 0 Å². The van der Waals surface area contributed by atoms with Crippen LogP contribution >= 0.6 is 0 Å². The second-order valence-electron chi connectivity index (χ2n) is 7.91. The van der Waals surface area contributed by atoms with Crippen molar-refractivity contribution >= 4 is 0 Å². The van der Waals surface area contributed by atoms with Crippen LogP contribution in [0.3, 0.4) is 0 Å². The lowest BCUT2D eigenvalue weighted by Crippen LogP contribution is -2.16. The molecular formula is C22H29N3. The molecule has 0 aliphatic heterocycles. The number of allylic oxidation sites excluding steroid dienone is 6. The Morgan fingerprint density at radius 2 is 1.00 bits per heavy atom. The molecule has 0 aromatic rings. The van der Waals surface area contributed by atoms with Gasteiger partial charge in [0.15, 0.2) is 0 Å². The Hall–Kier alpha value is -2.31. The first-order chi connectivity index (χ1) is 11.6. The van der Waals surface area contributed by atoms with Gasteiger partial charge >= 0.3 is 0 Å². The summed E-state index contributed by atoms with van der Waals surface area (Å²) in [6.45, 7) is 17.3. The van der Waals surface area contributed by atoms with Crippen molar-refractivity contribution in [3.05, 3.63) is 33.4 Å². The zero-order valence-electron chi connectivity index (χ0n) is 16.7. The first-order valence-electron chi connectivity index (χ1n) is 9.06. The predicted molar refractivity (Wildman–Crippen MR) is 101 cm³/mol. The first-order valence-corrected chi connectivity index (χ1v) is 9.06. The van der Waals surface area contributed by atoms with Crippen LogP contribution in [0.4, 0.5) is 0 Å². The lowest BCUT2D eigenvalue weighted by atomic mass is 9.77. The Morgan fingerprint density at radius 3 is 1.20 bits per heavy atom. The van der Waals surface area contributed by atoms with Crippen molar-refractivity contribution in [2.75, 3.05) is 0 Å². The van der Waals surface area contributed by atoms with E-state index in [0.29, 0.717) is 17.4 Å². The highest BCUT2D eigenvalue weighted by atomic mass is 14.5. The zero-order valence-corrected chi connectivity index (χ0v) is 16.7. The number of hydrogen-bond donors (Lipinski definition) is 0. The van der Waals surface area contributed by atoms with Gasteiger partial charge in [-0.05, 0) is 34.8 Å². The fourth-order valence-corrected chi connectivity index (χ4v) is 4.09. The topological polar surface area (TPSA) is 71.4 Å². The van der Waals surface area contributed by atoms with Crippen LogP contribution in [0.2, 0.25) is 0 Å². The molecule has 0 radical (unpaired) electrons. The molecule has 0 heterocycles. The minimum atomic E-state index is -0.242. The van der Waals surface area contributed by atoms with Gasteiger partial charge in [-0.3, -0.25) is 0 Å². The van der Waals surface area contributed by atoms with Gasteiger partial charge in [0.2, 0.25) is 0 Å². The third-order valence-corrected chi connectivity index (χ3v) is 4.83. The molecule has 1 aliphatic rings. The molecule has 0 fully saturated rings. The van der Waals surface area contributed by atoms with Crippen molar-refractivity contribution in [1.82, 2.24) is 0 Å². The van der Waals surface area contributed by atoms with Crippen molar-refractivity contribution in [1.29, 1.82) is 15.8 Å². The fourth-order valence-electron chi connectivity index (χ4n) is 4.09. The number of hydrogen-bond acceptors (Lipinski definition) is 3. The summed E-state index contributed by atoms with van der Waals surface area (Å²) in [5.74, 6) is 0.917. The van der Waals surface area contributed by atoms with Crippen LogP contribution < -0.4 is 0 Å². The maximum absolute atomic E-state index is 9.81. The summed E-state index contributed by atoms with van der Waals surface area (Å²) in [5, 5.41) is 28.6. The molecule has 0 saturated carbocycles. The molecule has 1 rings (SSSR count). The van der Waals surface area contributed by atoms with Gasteiger partial charge in [-0.15, -0.1) is 0 Å². The molecule has 0 aromatic carbocycles. The predicted octanol–water partition coefficient (Wildman–Crippen LogP) is 5.70. The van der Waals surface area contributed by atoms with E-state index in [1.165, 1.54) is 22.3 Å². The maximum Gasteiger partial charge on any atom is 0.144 e. The lowest BCUT2D eigenvalue weighted by Gasteiger charge is -2.25. The van der Waals surface area contributed by atoms with Gasteiger partial charge in [0, 0.05) is 5.92 Å². The number of nitriles is 3. The first kappa shape index (κ1) is 20.7. The molecule has 1 aliphatic carbocycles. The van der Waals surface area contributed by atoms with Crippen LogP contribution in [0.1, 0.15) is 55.4 Å². The summed E-state index contributed by atoms with van der Waals surface area (Å²) in [5.41, 5.74) is 5.32. The van der Waals surface area contributed by atoms with E-state index in [2.05, 4.69) is 61.5 Å². The summed E-state index contributed by atoms with van der Waals surface area (Å²) in [4.78, 5) is 0. The second kappa shape index (κ2) is 8.18. The van der Waals surface area contributed by atoms with Crippen LogP contribution in [0.15, 0.2) is 33.4 Å². The molecule has 0 atom stereocenters. The third kappa shape index (κ3) is 3.70. The molecule has 0 saturated heterocycles. The van der Waals surface area contributed by atoms with E-state index in [4.69, 9.17) is 0 Å². The Bertz CT molecular complexity index is 699. The second-order valence-corrected chi connectivity index (χ2v) is 7.91. The Kier molecular flexibility index (Phi) is 6.78. The number of rotatable bonds is 5. The van der Waals surface area contributed by atoms with E-state index in [9.17, 15) is 15.8 Å². The van der Waals surface area contributed by atoms with Crippen molar-refractivity contribution in [2.24, 2.45) is 29.6 Å². The van der Waals surface area contributed by atoms with Gasteiger partial charge in [0.1, 0.15) is 17.7 Å². The summed E-state index contributed by atoms with van der Waals surface area (Å²) in [6.07, 6.45) is 0. The monoisotopic (exact) mass is 335 g/mol. The van der Waals surface area contributed by atoms with E-state index >= 15 is 0 Å². The average Bonchev–Trinajstić information content (AvgIpc) is 2.88. The molecule has 0 N–H and O–H groups in total. The van der Waals surface area contributed by atoms with Crippen LogP contribution in [0.25, 0.3) is 0 Å². The van der Waals surface area contributed by atoms with Gasteiger partial charge in [0.25, 0.3) is 0 Å². The maximum atomic E-state index is 9.81. The molecular weight excluding hydrogens is 306 g/mol. The molecule has 132 valence electrons. The molecule has 0 bridgehead atoms. The van der Waals surface area contributed by atoms with Crippen molar-refractivity contribution in [3.63, 3.8) is 0 Å². The molecule has 0 aromatic heterocycles. The van der Waals surface area contributed by atoms with Gasteiger partial charge < -0.3 is 0 Å². The minimum Gasteiger partial charge on any atom is -0.193 e. The van der Waals surface area contributed by atoms with E-state index in [-0.39, 0.29) is 23.3 Å². The quantitative estimate of drug-likeness (QED) is 0.605. The SMILES string of the molecule is CC(C)C1=C(C(C)C)C(C(C#N)=C(C#N)C#N)C(C(C)C)=C1C(C)C. The molecule has 0 spiro atoms. The van der Waals surface area contributed by atoms with Crippen LogP contribution in [0, 0.1) is 63.6 Å². The fraction of sp³-hybridized carbons (Fsp3) is 0.591. The van der Waals surface area contributed by atoms with Crippen molar-refractivity contribution < 1.29 is 0 Å². The van der Waals surface area contributed by atoms with Crippen LogP contribution in [0.5, 0.6) is 0 Å². The molecule has 3 heteroatoms. The number of nitrogens with zero attached hydrogens (tertiary/aromatic N) is 3. The summed E-state index contributed by atoms with van der Waals surface area (Å²) in [7, 11) is 0. The molecule has 0 amide bonds. The van der Waals surface area contributed by atoms with Crippen LogP contribution in [-0.2, 0) is 0 Å². The van der Waals surface area contributed by atoms with E-state index in [1.807, 2.05) is 12.1 Å². The molecule has 3 nitrogen and oxygen atoms in total. The standard InChI is InChI=1S/C22H29N3/c1-12(2)18-19(13(3)4)21(15(7)8)22(20(18)14(5)6)17(11-25)16(9-23)10-24/h12-15,22H,1-8H3. The van der Waals surface area contributed by atoms with Gasteiger partial charge in [0.05, 0.1) is 11.6 Å². The summed E-state index contributed by atoms with van der Waals surface area (Å²) >= 11 is 0. The van der Waals surface area contributed by atoms with Gasteiger partial charge in [-0.2, -0.15) is 15.8 Å². The highest BCUT2D eigenvalue weighted by Crippen LogP contribution is 2.51.